The number of hydrogen-bond donors (Lipinski definition) is 1. The zero-order valence-electron chi connectivity index (χ0n) is 11.2. The van der Waals surface area contributed by atoms with Crippen LogP contribution in [0.4, 0.5) is 13.2 Å². The number of rotatable bonds is 3. The number of pyridine rings is 1. The highest BCUT2D eigenvalue weighted by Gasteiger charge is 2.57. The average Bonchev–Trinajstić information content (AvgIpc) is 2.47. The quantitative estimate of drug-likeness (QED) is 0.900. The molecule has 0 amide bonds. The minimum atomic E-state index is -4.75. The van der Waals surface area contributed by atoms with Gasteiger partial charge in [-0.1, -0.05) is 0 Å². The van der Waals surface area contributed by atoms with E-state index in [1.165, 1.54) is 0 Å². The van der Waals surface area contributed by atoms with Crippen molar-refractivity contribution in [2.45, 2.75) is 29.5 Å². The minimum Gasteiger partial charge on any atom is -0.381 e. The molecule has 120 valence electrons. The van der Waals surface area contributed by atoms with Gasteiger partial charge in [0.1, 0.15) is 22.2 Å². The van der Waals surface area contributed by atoms with Gasteiger partial charge in [0.25, 0.3) is 0 Å². The van der Waals surface area contributed by atoms with Crippen molar-refractivity contribution < 1.29 is 26.3 Å². The second-order valence-corrected chi connectivity index (χ2v) is 6.47. The van der Waals surface area contributed by atoms with Gasteiger partial charge in [0.15, 0.2) is 0 Å². The second-order valence-electron chi connectivity index (χ2n) is 4.79. The maximum Gasteiger partial charge on any atom is 0.407 e. The van der Waals surface area contributed by atoms with Gasteiger partial charge in [-0.05, 0) is 25.0 Å². The zero-order valence-corrected chi connectivity index (χ0v) is 12.0. The highest BCUT2D eigenvalue weighted by molar-refractivity contribution is 7.89. The second kappa shape index (κ2) is 5.83. The largest absolute Gasteiger partial charge is 0.407 e. The maximum atomic E-state index is 13.3. The van der Waals surface area contributed by atoms with Crippen LogP contribution < -0.4 is 4.72 Å². The van der Waals surface area contributed by atoms with Gasteiger partial charge >= 0.3 is 6.18 Å². The maximum absolute atomic E-state index is 13.3. The Bertz CT molecular complexity index is 674. The Morgan fingerprint density at radius 3 is 2.41 bits per heavy atom. The highest BCUT2D eigenvalue weighted by atomic mass is 32.2. The summed E-state index contributed by atoms with van der Waals surface area (Å²) in [5, 5.41) is 8.60. The van der Waals surface area contributed by atoms with Crippen LogP contribution in [0.1, 0.15) is 18.5 Å². The number of nitrogens with zero attached hydrogens (tertiary/aromatic N) is 2. The molecule has 2 heterocycles. The summed E-state index contributed by atoms with van der Waals surface area (Å²) in [5.74, 6) is 0. The van der Waals surface area contributed by atoms with Crippen molar-refractivity contribution >= 4 is 10.0 Å². The van der Waals surface area contributed by atoms with E-state index in [4.69, 9.17) is 10.00 Å². The lowest BCUT2D eigenvalue weighted by Crippen LogP contribution is -2.61. The van der Waals surface area contributed by atoms with Crippen LogP contribution in [-0.2, 0) is 14.8 Å². The molecule has 0 bridgehead atoms. The Kier molecular flexibility index (Phi) is 4.42. The molecule has 2 rings (SSSR count). The third-order valence-corrected chi connectivity index (χ3v) is 4.90. The molecule has 1 saturated heterocycles. The smallest absolute Gasteiger partial charge is 0.381 e. The van der Waals surface area contributed by atoms with Gasteiger partial charge in [-0.3, -0.25) is 0 Å². The molecule has 0 saturated carbocycles. The van der Waals surface area contributed by atoms with Gasteiger partial charge in [0.05, 0.1) is 0 Å². The first-order valence-corrected chi connectivity index (χ1v) is 7.73. The first kappa shape index (κ1) is 16.7. The molecular formula is C12H12F3N3O3S. The summed E-state index contributed by atoms with van der Waals surface area (Å²) in [6, 6.07) is 3.86. The van der Waals surface area contributed by atoms with Crippen molar-refractivity contribution in [3.63, 3.8) is 0 Å². The average molecular weight is 335 g/mol. The van der Waals surface area contributed by atoms with E-state index < -0.39 is 39.5 Å². The highest BCUT2D eigenvalue weighted by Crippen LogP contribution is 2.39. The molecule has 0 aliphatic carbocycles. The van der Waals surface area contributed by atoms with Crippen molar-refractivity contribution in [3.05, 3.63) is 24.0 Å². The van der Waals surface area contributed by atoms with Gasteiger partial charge in [-0.15, -0.1) is 0 Å². The number of ether oxygens (including phenoxy) is 1. The number of nitriles is 1. The van der Waals surface area contributed by atoms with Crippen molar-refractivity contribution in [3.8, 4) is 6.07 Å². The van der Waals surface area contributed by atoms with E-state index in [1.54, 1.807) is 10.8 Å². The van der Waals surface area contributed by atoms with E-state index in [2.05, 4.69) is 4.98 Å². The molecule has 1 aliphatic heterocycles. The van der Waals surface area contributed by atoms with Gasteiger partial charge in [-0.2, -0.15) is 23.2 Å². The molecule has 1 N–H and O–H groups in total. The summed E-state index contributed by atoms with van der Waals surface area (Å²) in [7, 11) is -4.42. The van der Waals surface area contributed by atoms with E-state index in [-0.39, 0.29) is 18.9 Å². The van der Waals surface area contributed by atoms with Gasteiger partial charge in [-0.25, -0.2) is 13.4 Å². The molecule has 0 radical (unpaired) electrons. The molecule has 1 aromatic rings. The summed E-state index contributed by atoms with van der Waals surface area (Å²) in [6.07, 6.45) is -4.90. The molecule has 10 heteroatoms. The van der Waals surface area contributed by atoms with Crippen LogP contribution in [0.5, 0.6) is 0 Å². The number of nitrogens with one attached hydrogen (secondary N) is 1. The molecule has 0 atom stereocenters. The SMILES string of the molecule is N#Cc1ccc(S(=O)(=O)NC2(C(F)(F)F)CCOCC2)cn1. The first-order chi connectivity index (χ1) is 10.2. The molecule has 0 spiro atoms. The molecule has 0 aromatic carbocycles. The molecule has 1 fully saturated rings. The van der Waals surface area contributed by atoms with E-state index in [0.717, 1.165) is 18.3 Å². The Hall–Kier alpha value is -1.70. The standard InChI is InChI=1S/C12H12F3N3O3S/c13-12(14,15)11(3-5-21-6-4-11)18-22(19,20)10-2-1-9(7-16)17-8-10/h1-2,8,18H,3-6H2. The normalized spacial score (nSPS) is 18.6. The Balaban J connectivity index is 2.34. The van der Waals surface area contributed by atoms with Crippen LogP contribution in [0.25, 0.3) is 0 Å². The predicted octanol–water partition coefficient (Wildman–Crippen LogP) is 1.34. The minimum absolute atomic E-state index is 0.0319. The summed E-state index contributed by atoms with van der Waals surface area (Å²) >= 11 is 0. The number of sulfonamides is 1. The van der Waals surface area contributed by atoms with Crippen molar-refractivity contribution in [2.75, 3.05) is 13.2 Å². The number of hydrogen-bond acceptors (Lipinski definition) is 5. The lowest BCUT2D eigenvalue weighted by Gasteiger charge is -2.38. The summed E-state index contributed by atoms with van der Waals surface area (Å²) in [4.78, 5) is 3.13. The predicted molar refractivity (Wildman–Crippen MR) is 68.1 cm³/mol. The fraction of sp³-hybridized carbons (Fsp3) is 0.500. The van der Waals surface area contributed by atoms with Gasteiger partial charge in [0, 0.05) is 19.4 Å². The molecule has 0 unspecified atom stereocenters. The van der Waals surface area contributed by atoms with Crippen LogP contribution in [-0.4, -0.2) is 38.3 Å². The monoisotopic (exact) mass is 335 g/mol. The summed E-state index contributed by atoms with van der Waals surface area (Å²) in [6.45, 7) is -0.374. The molecule has 22 heavy (non-hydrogen) atoms. The van der Waals surface area contributed by atoms with E-state index >= 15 is 0 Å². The lowest BCUT2D eigenvalue weighted by atomic mass is 9.91. The summed E-state index contributed by atoms with van der Waals surface area (Å²) < 4.78 is 70.9. The Morgan fingerprint density at radius 1 is 1.32 bits per heavy atom. The van der Waals surface area contributed by atoms with Crippen LogP contribution in [0.3, 0.4) is 0 Å². The van der Waals surface area contributed by atoms with E-state index in [0.29, 0.717) is 0 Å². The third kappa shape index (κ3) is 3.21. The van der Waals surface area contributed by atoms with Crippen molar-refractivity contribution in [1.29, 1.82) is 5.26 Å². The van der Waals surface area contributed by atoms with Crippen molar-refractivity contribution in [2.24, 2.45) is 0 Å². The van der Waals surface area contributed by atoms with Crippen LogP contribution >= 0.6 is 0 Å². The number of alkyl halides is 3. The van der Waals surface area contributed by atoms with Gasteiger partial charge < -0.3 is 4.74 Å². The van der Waals surface area contributed by atoms with Crippen LogP contribution in [0, 0.1) is 11.3 Å². The molecular weight excluding hydrogens is 323 g/mol. The molecule has 6 nitrogen and oxygen atoms in total. The van der Waals surface area contributed by atoms with Crippen molar-refractivity contribution in [1.82, 2.24) is 9.71 Å². The Morgan fingerprint density at radius 2 is 1.95 bits per heavy atom. The molecule has 1 aliphatic rings. The first-order valence-electron chi connectivity index (χ1n) is 6.25. The molecule has 1 aromatic heterocycles. The fourth-order valence-corrected chi connectivity index (χ4v) is 3.48. The van der Waals surface area contributed by atoms with E-state index in [9.17, 15) is 21.6 Å². The van der Waals surface area contributed by atoms with Crippen LogP contribution in [0.2, 0.25) is 0 Å². The fourth-order valence-electron chi connectivity index (χ4n) is 2.08. The zero-order chi connectivity index (χ0) is 16.4. The number of halogens is 3. The third-order valence-electron chi connectivity index (χ3n) is 3.38. The topological polar surface area (TPSA) is 92.1 Å². The van der Waals surface area contributed by atoms with E-state index in [1.807, 2.05) is 0 Å². The van der Waals surface area contributed by atoms with Crippen LogP contribution in [0.15, 0.2) is 23.2 Å². The number of aromatic nitrogens is 1. The lowest BCUT2D eigenvalue weighted by molar-refractivity contribution is -0.210. The van der Waals surface area contributed by atoms with Gasteiger partial charge in [0.2, 0.25) is 10.0 Å². The summed E-state index contributed by atoms with van der Waals surface area (Å²) in [5.41, 5.74) is -2.59. The Labute approximate surface area is 125 Å².